The molecular weight excluding hydrogens is 306 g/mol. The van der Waals surface area contributed by atoms with E-state index in [1.165, 1.54) is 16.7 Å². The molecule has 1 aromatic rings. The van der Waals surface area contributed by atoms with Gasteiger partial charge in [-0.1, -0.05) is 42.7 Å². The van der Waals surface area contributed by atoms with E-state index in [9.17, 15) is 4.79 Å². The molecule has 1 amide bonds. The van der Waals surface area contributed by atoms with E-state index in [2.05, 4.69) is 6.58 Å². The summed E-state index contributed by atoms with van der Waals surface area (Å²) in [6.07, 6.45) is 3.46. The number of thioether (sulfide) groups is 1. The van der Waals surface area contributed by atoms with Crippen LogP contribution in [0, 0.1) is 0 Å². The van der Waals surface area contributed by atoms with Gasteiger partial charge in [0.2, 0.25) is 0 Å². The van der Waals surface area contributed by atoms with Gasteiger partial charge in [-0.25, -0.2) is 0 Å². The van der Waals surface area contributed by atoms with Crippen molar-refractivity contribution in [1.29, 1.82) is 0 Å². The molecule has 0 atom stereocenters. The van der Waals surface area contributed by atoms with Gasteiger partial charge in [-0.3, -0.25) is 9.69 Å². The van der Waals surface area contributed by atoms with E-state index in [0.717, 1.165) is 5.56 Å². The maximum Gasteiger partial charge on any atom is 0.265 e. The highest BCUT2D eigenvalue weighted by Crippen LogP contribution is 2.33. The van der Waals surface area contributed by atoms with Crippen LogP contribution in [0.25, 0.3) is 6.08 Å². The Balaban J connectivity index is 2.27. The Morgan fingerprint density at radius 3 is 2.76 bits per heavy atom. The van der Waals surface area contributed by atoms with Gasteiger partial charge in [0.25, 0.3) is 5.91 Å². The van der Waals surface area contributed by atoms with Crippen molar-refractivity contribution >= 4 is 40.3 Å². The maximum absolute atomic E-state index is 12.0. The predicted octanol–water partition coefficient (Wildman–Crippen LogP) is 3.09. The second-order valence-electron chi connectivity index (χ2n) is 4.25. The summed E-state index contributed by atoms with van der Waals surface area (Å²) < 4.78 is 11.4. The van der Waals surface area contributed by atoms with Crippen molar-refractivity contribution < 1.29 is 14.3 Å². The lowest BCUT2D eigenvalue weighted by molar-refractivity contribution is -0.121. The van der Waals surface area contributed by atoms with Crippen LogP contribution in [-0.4, -0.2) is 35.9 Å². The predicted molar refractivity (Wildman–Crippen MR) is 89.6 cm³/mol. The SMILES string of the molecule is C=CCOc1ccc(/C=C2\SC(=S)N(C)C2=O)cc1OC. The van der Waals surface area contributed by atoms with Crippen LogP contribution in [0.2, 0.25) is 0 Å². The van der Waals surface area contributed by atoms with Crippen molar-refractivity contribution in [2.75, 3.05) is 20.8 Å². The molecule has 0 aromatic heterocycles. The number of amides is 1. The van der Waals surface area contributed by atoms with Crippen molar-refractivity contribution in [1.82, 2.24) is 4.90 Å². The summed E-state index contributed by atoms with van der Waals surface area (Å²) in [5.41, 5.74) is 0.853. The van der Waals surface area contributed by atoms with Gasteiger partial charge in [-0.05, 0) is 23.8 Å². The van der Waals surface area contributed by atoms with E-state index in [1.54, 1.807) is 32.4 Å². The quantitative estimate of drug-likeness (QED) is 0.473. The molecule has 1 heterocycles. The van der Waals surface area contributed by atoms with Crippen LogP contribution in [0.1, 0.15) is 5.56 Å². The molecule has 4 nitrogen and oxygen atoms in total. The van der Waals surface area contributed by atoms with Crippen molar-refractivity contribution in [3.8, 4) is 11.5 Å². The van der Waals surface area contributed by atoms with Gasteiger partial charge < -0.3 is 9.47 Å². The summed E-state index contributed by atoms with van der Waals surface area (Å²) in [5.74, 6) is 1.16. The third-order valence-electron chi connectivity index (χ3n) is 2.83. The first-order valence-corrected chi connectivity index (χ1v) is 7.42. The maximum atomic E-state index is 12.0. The minimum atomic E-state index is -0.0871. The largest absolute Gasteiger partial charge is 0.493 e. The molecule has 6 heteroatoms. The number of hydrogen-bond donors (Lipinski definition) is 0. The smallest absolute Gasteiger partial charge is 0.265 e. The fourth-order valence-electron chi connectivity index (χ4n) is 1.74. The van der Waals surface area contributed by atoms with Gasteiger partial charge in [0, 0.05) is 7.05 Å². The number of carbonyl (C=O) groups is 1. The van der Waals surface area contributed by atoms with Gasteiger partial charge in [0.1, 0.15) is 10.9 Å². The zero-order valence-electron chi connectivity index (χ0n) is 11.8. The molecule has 0 unspecified atom stereocenters. The zero-order valence-corrected chi connectivity index (χ0v) is 13.4. The summed E-state index contributed by atoms with van der Waals surface area (Å²) >= 11 is 6.39. The normalized spacial score (nSPS) is 16.5. The lowest BCUT2D eigenvalue weighted by atomic mass is 10.2. The number of likely N-dealkylation sites (N-methyl/N-ethyl adjacent to an activating group) is 1. The number of methoxy groups -OCH3 is 1. The summed E-state index contributed by atoms with van der Waals surface area (Å²) in [5, 5.41) is 0. The molecule has 0 aliphatic carbocycles. The van der Waals surface area contributed by atoms with Crippen LogP contribution < -0.4 is 9.47 Å². The van der Waals surface area contributed by atoms with Crippen LogP contribution in [-0.2, 0) is 4.79 Å². The fraction of sp³-hybridized carbons (Fsp3) is 0.200. The number of thiocarbonyl (C=S) groups is 1. The average molecular weight is 321 g/mol. The summed E-state index contributed by atoms with van der Waals surface area (Å²) in [7, 11) is 3.25. The van der Waals surface area contributed by atoms with Gasteiger partial charge in [-0.2, -0.15) is 0 Å². The van der Waals surface area contributed by atoms with E-state index in [0.29, 0.717) is 27.3 Å². The second-order valence-corrected chi connectivity index (χ2v) is 5.93. The van der Waals surface area contributed by atoms with Crippen molar-refractivity contribution in [2.45, 2.75) is 0 Å². The van der Waals surface area contributed by atoms with E-state index in [4.69, 9.17) is 21.7 Å². The summed E-state index contributed by atoms with van der Waals surface area (Å²) in [6.45, 7) is 4.01. The first kappa shape index (κ1) is 15.6. The molecule has 1 aromatic carbocycles. The zero-order chi connectivity index (χ0) is 15.4. The molecule has 1 aliphatic heterocycles. The second kappa shape index (κ2) is 6.78. The van der Waals surface area contributed by atoms with Crippen LogP contribution in [0.3, 0.4) is 0 Å². The topological polar surface area (TPSA) is 38.8 Å². The van der Waals surface area contributed by atoms with Crippen LogP contribution in [0.4, 0.5) is 0 Å². The van der Waals surface area contributed by atoms with Gasteiger partial charge in [-0.15, -0.1) is 0 Å². The Morgan fingerprint density at radius 2 is 2.19 bits per heavy atom. The number of rotatable bonds is 5. The molecule has 0 radical (unpaired) electrons. The van der Waals surface area contributed by atoms with E-state index >= 15 is 0 Å². The number of hydrogen-bond acceptors (Lipinski definition) is 5. The number of ether oxygens (including phenoxy) is 2. The fourth-order valence-corrected chi connectivity index (χ4v) is 2.92. The highest BCUT2D eigenvalue weighted by atomic mass is 32.2. The summed E-state index contributed by atoms with van der Waals surface area (Å²) in [6, 6.07) is 5.49. The van der Waals surface area contributed by atoms with Gasteiger partial charge >= 0.3 is 0 Å². The molecule has 110 valence electrons. The van der Waals surface area contributed by atoms with Crippen molar-refractivity contribution in [2.24, 2.45) is 0 Å². The Bertz CT molecular complexity index is 625. The summed E-state index contributed by atoms with van der Waals surface area (Å²) in [4.78, 5) is 14.0. The minimum absolute atomic E-state index is 0.0871. The van der Waals surface area contributed by atoms with Crippen molar-refractivity contribution in [3.05, 3.63) is 41.3 Å². The first-order valence-electron chi connectivity index (χ1n) is 6.20. The standard InChI is InChI=1S/C15H15NO3S2/c1-4-7-19-11-6-5-10(8-12(11)18-3)9-13-14(17)16(2)15(20)21-13/h4-6,8-9H,1,7H2,2-3H3/b13-9-. The molecule has 2 rings (SSSR count). The third kappa shape index (κ3) is 3.46. The molecule has 1 saturated heterocycles. The molecule has 0 saturated carbocycles. The van der Waals surface area contributed by atoms with Crippen LogP contribution in [0.15, 0.2) is 35.8 Å². The van der Waals surface area contributed by atoms with E-state index < -0.39 is 0 Å². The van der Waals surface area contributed by atoms with E-state index in [1.807, 2.05) is 12.1 Å². The number of nitrogens with zero attached hydrogens (tertiary/aromatic N) is 1. The first-order chi connectivity index (χ1) is 10.1. The highest BCUT2D eigenvalue weighted by Gasteiger charge is 2.28. The molecule has 1 fully saturated rings. The number of carbonyl (C=O) groups excluding carboxylic acids is 1. The molecular formula is C15H15NO3S2. The monoisotopic (exact) mass is 321 g/mol. The Hall–Kier alpha value is -1.79. The molecule has 0 bridgehead atoms. The van der Waals surface area contributed by atoms with Crippen LogP contribution >= 0.6 is 24.0 Å². The molecule has 1 aliphatic rings. The molecule has 0 N–H and O–H groups in total. The molecule has 21 heavy (non-hydrogen) atoms. The minimum Gasteiger partial charge on any atom is -0.493 e. The van der Waals surface area contributed by atoms with Gasteiger partial charge in [0.15, 0.2) is 11.5 Å². The Kier molecular flexibility index (Phi) is 5.03. The highest BCUT2D eigenvalue weighted by molar-refractivity contribution is 8.26. The number of benzene rings is 1. The van der Waals surface area contributed by atoms with Crippen molar-refractivity contribution in [3.63, 3.8) is 0 Å². The lowest BCUT2D eigenvalue weighted by Crippen LogP contribution is -2.22. The van der Waals surface area contributed by atoms with E-state index in [-0.39, 0.29) is 5.91 Å². The Labute approximate surface area is 133 Å². The third-order valence-corrected chi connectivity index (χ3v) is 4.31. The van der Waals surface area contributed by atoms with Crippen LogP contribution in [0.5, 0.6) is 11.5 Å². The Morgan fingerprint density at radius 1 is 1.43 bits per heavy atom. The lowest BCUT2D eigenvalue weighted by Gasteiger charge is -2.10. The average Bonchev–Trinajstić information content (AvgIpc) is 2.73. The van der Waals surface area contributed by atoms with Gasteiger partial charge in [0.05, 0.1) is 12.0 Å². The molecule has 0 spiro atoms.